The molecule has 3 N–H and O–H groups in total. The van der Waals surface area contributed by atoms with Crippen LogP contribution in [0.5, 0.6) is 0 Å². The first-order chi connectivity index (χ1) is 8.70. The zero-order chi connectivity index (χ0) is 14.6. The molecule has 0 aliphatic rings. The van der Waals surface area contributed by atoms with E-state index in [9.17, 15) is 4.79 Å². The molecule has 0 saturated carbocycles. The van der Waals surface area contributed by atoms with E-state index in [0.29, 0.717) is 0 Å². The number of carbonyl (C=O) groups excluding carboxylic acids is 1. The molecule has 1 aromatic rings. The summed E-state index contributed by atoms with van der Waals surface area (Å²) in [5.74, 6) is -0.0719. The van der Waals surface area contributed by atoms with Crippen LogP contribution in [0.3, 0.4) is 0 Å². The molecular weight excluding hydrogens is 238 g/mol. The molecule has 1 rings (SSSR count). The molecule has 4 nitrogen and oxygen atoms in total. The summed E-state index contributed by atoms with van der Waals surface area (Å²) in [7, 11) is 3.56. The van der Waals surface area contributed by atoms with Gasteiger partial charge in [-0.2, -0.15) is 0 Å². The maximum Gasteiger partial charge on any atom is 0.236 e. The van der Waals surface area contributed by atoms with E-state index < -0.39 is 0 Å². The van der Waals surface area contributed by atoms with E-state index in [4.69, 9.17) is 5.73 Å². The molecule has 1 amide bonds. The third-order valence-corrected chi connectivity index (χ3v) is 2.96. The predicted octanol–water partition coefficient (Wildman–Crippen LogP) is 1.97. The Bertz CT molecular complexity index is 418. The molecular formula is C15H25N3O. The molecule has 0 bridgehead atoms. The molecule has 0 heterocycles. The molecule has 0 aliphatic heterocycles. The van der Waals surface area contributed by atoms with Gasteiger partial charge in [-0.1, -0.05) is 45.0 Å². The third-order valence-electron chi connectivity index (χ3n) is 2.96. The predicted molar refractivity (Wildman–Crippen MR) is 78.5 cm³/mol. The second-order valence-electron chi connectivity index (χ2n) is 6.11. The van der Waals surface area contributed by atoms with Crippen LogP contribution in [-0.2, 0) is 10.2 Å². The molecule has 1 aromatic carbocycles. The average Bonchev–Trinajstić information content (AvgIpc) is 2.26. The van der Waals surface area contributed by atoms with Gasteiger partial charge in [-0.05, 0) is 16.5 Å². The maximum absolute atomic E-state index is 11.6. The van der Waals surface area contributed by atoms with Gasteiger partial charge in [-0.15, -0.1) is 0 Å². The van der Waals surface area contributed by atoms with Crippen molar-refractivity contribution in [2.24, 2.45) is 5.73 Å². The summed E-state index contributed by atoms with van der Waals surface area (Å²) in [6.07, 6.45) is 0.285. The number of hydrogen-bond acceptors (Lipinski definition) is 3. The van der Waals surface area contributed by atoms with Crippen LogP contribution in [0.2, 0.25) is 0 Å². The number of hydrazine groups is 1. The van der Waals surface area contributed by atoms with Crippen molar-refractivity contribution in [1.29, 1.82) is 0 Å². The highest BCUT2D eigenvalue weighted by Gasteiger charge is 2.15. The van der Waals surface area contributed by atoms with E-state index in [1.807, 2.05) is 12.1 Å². The van der Waals surface area contributed by atoms with Gasteiger partial charge in [0.15, 0.2) is 0 Å². The Hall–Kier alpha value is -1.39. The summed E-state index contributed by atoms with van der Waals surface area (Å²) in [6.45, 7) is 6.52. The molecule has 0 fully saturated rings. The zero-order valence-electron chi connectivity index (χ0n) is 12.5. The van der Waals surface area contributed by atoms with Crippen LogP contribution < -0.4 is 11.2 Å². The van der Waals surface area contributed by atoms with E-state index in [2.05, 4.69) is 38.3 Å². The summed E-state index contributed by atoms with van der Waals surface area (Å²) in [5, 5.41) is 1.62. The Morgan fingerprint density at radius 3 is 2.21 bits per heavy atom. The number of carbonyl (C=O) groups is 1. The Kier molecular flexibility index (Phi) is 5.09. The number of benzene rings is 1. The number of nitrogens with zero attached hydrogens (tertiary/aromatic N) is 1. The maximum atomic E-state index is 11.6. The average molecular weight is 263 g/mol. The van der Waals surface area contributed by atoms with Crippen molar-refractivity contribution in [3.63, 3.8) is 0 Å². The number of hydrogen-bond donors (Lipinski definition) is 2. The van der Waals surface area contributed by atoms with Crippen molar-refractivity contribution < 1.29 is 4.79 Å². The van der Waals surface area contributed by atoms with Crippen molar-refractivity contribution in [3.8, 4) is 0 Å². The Morgan fingerprint density at radius 1 is 1.26 bits per heavy atom. The van der Waals surface area contributed by atoms with Crippen LogP contribution in [0.15, 0.2) is 24.3 Å². The van der Waals surface area contributed by atoms with Gasteiger partial charge in [0.05, 0.1) is 0 Å². The van der Waals surface area contributed by atoms with Crippen LogP contribution in [0.25, 0.3) is 0 Å². The van der Waals surface area contributed by atoms with Crippen molar-refractivity contribution in [2.75, 3.05) is 14.1 Å². The van der Waals surface area contributed by atoms with Crippen LogP contribution in [-0.4, -0.2) is 25.0 Å². The van der Waals surface area contributed by atoms with E-state index >= 15 is 0 Å². The van der Waals surface area contributed by atoms with Crippen molar-refractivity contribution >= 4 is 5.91 Å². The Balaban J connectivity index is 2.68. The second-order valence-corrected chi connectivity index (χ2v) is 6.11. The van der Waals surface area contributed by atoms with Gasteiger partial charge in [-0.25, -0.2) is 5.01 Å². The lowest BCUT2D eigenvalue weighted by atomic mass is 9.86. The fourth-order valence-electron chi connectivity index (χ4n) is 1.84. The lowest BCUT2D eigenvalue weighted by Gasteiger charge is -2.20. The van der Waals surface area contributed by atoms with Crippen molar-refractivity contribution in [3.05, 3.63) is 35.4 Å². The largest absolute Gasteiger partial charge is 0.324 e. The minimum absolute atomic E-state index is 0.0719. The molecule has 0 radical (unpaired) electrons. The molecule has 1 atom stereocenters. The fraction of sp³-hybridized carbons (Fsp3) is 0.533. The van der Waals surface area contributed by atoms with E-state index in [0.717, 1.165) is 5.56 Å². The van der Waals surface area contributed by atoms with Crippen molar-refractivity contribution in [2.45, 2.75) is 38.6 Å². The Morgan fingerprint density at radius 2 is 1.79 bits per heavy atom. The normalized spacial score (nSPS) is 13.4. The topological polar surface area (TPSA) is 58.4 Å². The van der Waals surface area contributed by atoms with Crippen LogP contribution in [0.4, 0.5) is 0 Å². The van der Waals surface area contributed by atoms with E-state index in [-0.39, 0.29) is 23.8 Å². The molecule has 1 unspecified atom stereocenters. The van der Waals surface area contributed by atoms with Gasteiger partial charge < -0.3 is 5.73 Å². The van der Waals surface area contributed by atoms with Crippen LogP contribution in [0.1, 0.15) is 44.4 Å². The number of nitrogens with one attached hydrogen (secondary N) is 1. The van der Waals surface area contributed by atoms with Gasteiger partial charge in [0, 0.05) is 26.6 Å². The summed E-state index contributed by atoms with van der Waals surface area (Å²) >= 11 is 0. The van der Waals surface area contributed by atoms with E-state index in [1.54, 1.807) is 19.1 Å². The summed E-state index contributed by atoms with van der Waals surface area (Å²) < 4.78 is 0. The van der Waals surface area contributed by atoms with Gasteiger partial charge in [0.1, 0.15) is 0 Å². The van der Waals surface area contributed by atoms with Crippen LogP contribution in [0, 0.1) is 0 Å². The number of nitrogens with two attached hydrogens (primary N) is 1. The first kappa shape index (κ1) is 15.7. The lowest BCUT2D eigenvalue weighted by molar-refractivity contribution is -0.125. The monoisotopic (exact) mass is 263 g/mol. The van der Waals surface area contributed by atoms with Gasteiger partial charge in [0.2, 0.25) is 5.91 Å². The minimum Gasteiger partial charge on any atom is -0.324 e. The fourth-order valence-corrected chi connectivity index (χ4v) is 1.84. The second kappa shape index (κ2) is 6.17. The highest BCUT2D eigenvalue weighted by Crippen LogP contribution is 2.24. The lowest BCUT2D eigenvalue weighted by Crippen LogP contribution is -2.37. The van der Waals surface area contributed by atoms with E-state index in [1.165, 1.54) is 5.56 Å². The third kappa shape index (κ3) is 5.01. The van der Waals surface area contributed by atoms with Gasteiger partial charge in [0.25, 0.3) is 0 Å². The standard InChI is InChI=1S/C15H25N3O/c1-15(2,3)12-8-6-11(7-9-12)13(16)10-14(19)17-18(4)5/h6-9,13H,10,16H2,1-5H3,(H,17,19). The molecule has 0 spiro atoms. The molecule has 0 aliphatic carbocycles. The SMILES string of the molecule is CN(C)NC(=O)CC(N)c1ccc(C(C)(C)C)cc1. The highest BCUT2D eigenvalue weighted by molar-refractivity contribution is 5.76. The molecule has 0 aromatic heterocycles. The Labute approximate surface area is 115 Å². The molecule has 19 heavy (non-hydrogen) atoms. The number of rotatable bonds is 4. The molecule has 4 heteroatoms. The molecule has 106 valence electrons. The summed E-state index contributed by atoms with van der Waals surface area (Å²) in [4.78, 5) is 11.6. The highest BCUT2D eigenvalue weighted by atomic mass is 16.2. The zero-order valence-corrected chi connectivity index (χ0v) is 12.5. The minimum atomic E-state index is -0.269. The first-order valence-electron chi connectivity index (χ1n) is 6.53. The summed E-state index contributed by atoms with van der Waals surface area (Å²) in [5.41, 5.74) is 11.1. The van der Waals surface area contributed by atoms with Crippen LogP contribution >= 0.6 is 0 Å². The molecule has 0 saturated heterocycles. The first-order valence-corrected chi connectivity index (χ1v) is 6.53. The van der Waals surface area contributed by atoms with Gasteiger partial charge in [-0.3, -0.25) is 10.2 Å². The summed E-state index contributed by atoms with van der Waals surface area (Å²) in [6, 6.07) is 7.91. The van der Waals surface area contributed by atoms with Gasteiger partial charge >= 0.3 is 0 Å². The smallest absolute Gasteiger partial charge is 0.236 e. The quantitative estimate of drug-likeness (QED) is 0.817. The van der Waals surface area contributed by atoms with Crippen molar-refractivity contribution in [1.82, 2.24) is 10.4 Å². The number of amides is 1.